The molecule has 0 bridgehead atoms. The molecule has 18 heavy (non-hydrogen) atoms. The highest BCUT2D eigenvalue weighted by atomic mass is 15.1. The minimum Gasteiger partial charge on any atom is -0.385 e. The highest BCUT2D eigenvalue weighted by molar-refractivity contribution is 5.54. The van der Waals surface area contributed by atoms with Crippen molar-refractivity contribution < 1.29 is 0 Å². The highest BCUT2D eigenvalue weighted by Crippen LogP contribution is 2.31. The molecule has 2 nitrogen and oxygen atoms in total. The smallest absolute Gasteiger partial charge is 0.0376 e. The first-order valence-corrected chi connectivity index (χ1v) is 7.01. The Labute approximate surface area is 111 Å². The lowest BCUT2D eigenvalue weighted by Gasteiger charge is -2.31. The van der Waals surface area contributed by atoms with Gasteiger partial charge in [0.05, 0.1) is 0 Å². The summed E-state index contributed by atoms with van der Waals surface area (Å²) in [4.78, 5) is 2.51. The molecular formula is C16H24N2. The van der Waals surface area contributed by atoms with Gasteiger partial charge in [-0.2, -0.15) is 0 Å². The van der Waals surface area contributed by atoms with Gasteiger partial charge in [0, 0.05) is 31.2 Å². The topological polar surface area (TPSA) is 15.3 Å². The van der Waals surface area contributed by atoms with E-state index in [0.717, 1.165) is 26.2 Å². The van der Waals surface area contributed by atoms with E-state index in [1.807, 2.05) is 6.08 Å². The summed E-state index contributed by atoms with van der Waals surface area (Å²) < 4.78 is 0. The molecule has 1 unspecified atom stereocenters. The van der Waals surface area contributed by atoms with Gasteiger partial charge in [-0.05, 0) is 31.0 Å². The van der Waals surface area contributed by atoms with Crippen LogP contribution in [0.2, 0.25) is 0 Å². The molecule has 1 aromatic carbocycles. The average Bonchev–Trinajstić information content (AvgIpc) is 2.40. The number of para-hydroxylation sites is 1. The lowest BCUT2D eigenvalue weighted by Crippen LogP contribution is -2.32. The quantitative estimate of drug-likeness (QED) is 0.771. The number of anilines is 1. The van der Waals surface area contributed by atoms with E-state index in [1.165, 1.54) is 24.1 Å². The number of benzene rings is 1. The largest absolute Gasteiger partial charge is 0.385 e. The predicted molar refractivity (Wildman–Crippen MR) is 79.2 cm³/mol. The Morgan fingerprint density at radius 2 is 2.28 bits per heavy atom. The Morgan fingerprint density at radius 1 is 1.44 bits per heavy atom. The molecule has 0 fully saturated rings. The Morgan fingerprint density at radius 3 is 3.06 bits per heavy atom. The average molecular weight is 244 g/mol. The van der Waals surface area contributed by atoms with Crippen LogP contribution in [0, 0.1) is 0 Å². The minimum atomic E-state index is 0.661. The fraction of sp³-hybridized carbons (Fsp3) is 0.500. The number of rotatable bonds is 6. The zero-order valence-corrected chi connectivity index (χ0v) is 11.4. The van der Waals surface area contributed by atoms with Gasteiger partial charge in [-0.25, -0.2) is 0 Å². The van der Waals surface area contributed by atoms with Gasteiger partial charge >= 0.3 is 0 Å². The summed E-state index contributed by atoms with van der Waals surface area (Å²) >= 11 is 0. The Balaban J connectivity index is 2.07. The van der Waals surface area contributed by atoms with Crippen molar-refractivity contribution in [3.05, 3.63) is 42.5 Å². The Hall–Kier alpha value is -1.28. The van der Waals surface area contributed by atoms with Crippen molar-refractivity contribution in [3.63, 3.8) is 0 Å². The van der Waals surface area contributed by atoms with Crippen LogP contribution in [-0.4, -0.2) is 31.1 Å². The van der Waals surface area contributed by atoms with Gasteiger partial charge in [-0.3, -0.25) is 4.90 Å². The van der Waals surface area contributed by atoms with Gasteiger partial charge in [-0.1, -0.05) is 31.2 Å². The van der Waals surface area contributed by atoms with Crippen molar-refractivity contribution in [2.24, 2.45) is 0 Å². The van der Waals surface area contributed by atoms with Crippen LogP contribution < -0.4 is 5.32 Å². The van der Waals surface area contributed by atoms with Crippen molar-refractivity contribution in [2.45, 2.75) is 25.7 Å². The van der Waals surface area contributed by atoms with Crippen molar-refractivity contribution >= 4 is 5.69 Å². The maximum absolute atomic E-state index is 3.87. The summed E-state index contributed by atoms with van der Waals surface area (Å²) in [5, 5.41) is 3.49. The third-order valence-corrected chi connectivity index (χ3v) is 3.61. The molecule has 0 saturated heterocycles. The molecule has 2 rings (SSSR count). The molecule has 0 spiro atoms. The third-order valence-electron chi connectivity index (χ3n) is 3.61. The molecular weight excluding hydrogens is 220 g/mol. The molecule has 0 saturated carbocycles. The summed E-state index contributed by atoms with van der Waals surface area (Å²) in [5.41, 5.74) is 2.80. The van der Waals surface area contributed by atoms with Gasteiger partial charge < -0.3 is 5.32 Å². The molecule has 1 N–H and O–H groups in total. The van der Waals surface area contributed by atoms with Crippen LogP contribution in [0.1, 0.15) is 31.2 Å². The molecule has 1 heterocycles. The molecule has 0 amide bonds. The van der Waals surface area contributed by atoms with Crippen molar-refractivity contribution in [2.75, 3.05) is 31.5 Å². The van der Waals surface area contributed by atoms with Crippen LogP contribution in [-0.2, 0) is 0 Å². The van der Waals surface area contributed by atoms with E-state index in [1.54, 1.807) is 0 Å². The van der Waals surface area contributed by atoms with E-state index < -0.39 is 0 Å². The second-order valence-electron chi connectivity index (χ2n) is 5.05. The van der Waals surface area contributed by atoms with E-state index in [4.69, 9.17) is 0 Å². The monoisotopic (exact) mass is 244 g/mol. The van der Waals surface area contributed by atoms with Crippen LogP contribution in [0.25, 0.3) is 0 Å². The standard InChI is InChI=1S/C16H24N2/c1-3-11-18(12-4-2)13-14-9-10-17-16-8-6-5-7-15(14)16/h3,5-8,14,17H,1,4,9-13H2,2H3. The third kappa shape index (κ3) is 3.14. The van der Waals surface area contributed by atoms with Crippen LogP contribution in [0.3, 0.4) is 0 Å². The summed E-state index contributed by atoms with van der Waals surface area (Å²) in [7, 11) is 0. The van der Waals surface area contributed by atoms with Crippen molar-refractivity contribution in [1.29, 1.82) is 0 Å². The lowest BCUT2D eigenvalue weighted by molar-refractivity contribution is 0.277. The second-order valence-corrected chi connectivity index (χ2v) is 5.05. The molecule has 0 aliphatic carbocycles. The number of hydrogen-bond donors (Lipinski definition) is 1. The van der Waals surface area contributed by atoms with Gasteiger partial charge in [0.15, 0.2) is 0 Å². The molecule has 1 aliphatic rings. The van der Waals surface area contributed by atoms with Crippen LogP contribution in [0.15, 0.2) is 36.9 Å². The second kappa shape index (κ2) is 6.60. The predicted octanol–water partition coefficient (Wildman–Crippen LogP) is 3.48. The molecule has 0 radical (unpaired) electrons. The maximum Gasteiger partial charge on any atom is 0.0376 e. The first kappa shape index (κ1) is 13.2. The fourth-order valence-electron chi connectivity index (χ4n) is 2.81. The molecule has 1 atom stereocenters. The molecule has 98 valence electrons. The van der Waals surface area contributed by atoms with Gasteiger partial charge in [0.25, 0.3) is 0 Å². The molecule has 1 aliphatic heterocycles. The summed E-state index contributed by atoms with van der Waals surface area (Å²) in [5.74, 6) is 0.661. The van der Waals surface area contributed by atoms with Crippen LogP contribution in [0.4, 0.5) is 5.69 Å². The number of nitrogens with zero attached hydrogens (tertiary/aromatic N) is 1. The van der Waals surface area contributed by atoms with E-state index >= 15 is 0 Å². The summed E-state index contributed by atoms with van der Waals surface area (Å²) in [6.45, 7) is 10.5. The van der Waals surface area contributed by atoms with Crippen LogP contribution >= 0.6 is 0 Å². The molecule has 2 heteroatoms. The van der Waals surface area contributed by atoms with Crippen LogP contribution in [0.5, 0.6) is 0 Å². The number of nitrogens with one attached hydrogen (secondary N) is 1. The molecule has 0 aromatic heterocycles. The highest BCUT2D eigenvalue weighted by Gasteiger charge is 2.21. The van der Waals surface area contributed by atoms with E-state index in [0.29, 0.717) is 5.92 Å². The Bertz CT molecular complexity index is 386. The zero-order chi connectivity index (χ0) is 12.8. The Kier molecular flexibility index (Phi) is 4.82. The van der Waals surface area contributed by atoms with E-state index in [9.17, 15) is 0 Å². The molecule has 1 aromatic rings. The lowest BCUT2D eigenvalue weighted by atomic mass is 9.90. The fourth-order valence-corrected chi connectivity index (χ4v) is 2.81. The maximum atomic E-state index is 3.87. The normalized spacial score (nSPS) is 18.2. The number of fused-ring (bicyclic) bond motifs is 1. The SMILES string of the molecule is C=CCN(CCC)CC1CCNc2ccccc21. The van der Waals surface area contributed by atoms with Gasteiger partial charge in [-0.15, -0.1) is 6.58 Å². The van der Waals surface area contributed by atoms with E-state index in [2.05, 4.69) is 48.0 Å². The summed E-state index contributed by atoms with van der Waals surface area (Å²) in [6.07, 6.45) is 4.46. The van der Waals surface area contributed by atoms with E-state index in [-0.39, 0.29) is 0 Å². The van der Waals surface area contributed by atoms with Gasteiger partial charge in [0.1, 0.15) is 0 Å². The van der Waals surface area contributed by atoms with Crippen molar-refractivity contribution in [1.82, 2.24) is 4.90 Å². The first-order valence-electron chi connectivity index (χ1n) is 7.01. The van der Waals surface area contributed by atoms with Crippen molar-refractivity contribution in [3.8, 4) is 0 Å². The first-order chi connectivity index (χ1) is 8.85. The summed E-state index contributed by atoms with van der Waals surface area (Å²) in [6, 6.07) is 8.72. The zero-order valence-electron chi connectivity index (χ0n) is 11.4. The van der Waals surface area contributed by atoms with Gasteiger partial charge in [0.2, 0.25) is 0 Å². The minimum absolute atomic E-state index is 0.661. The number of hydrogen-bond acceptors (Lipinski definition) is 2.